The molecule has 2 amide bonds. The molecule has 94 valence electrons. The van der Waals surface area contributed by atoms with Crippen LogP contribution < -0.4 is 16.0 Å². The number of hydrogen-bond donors (Lipinski definition) is 3. The predicted octanol–water partition coefficient (Wildman–Crippen LogP) is 0.322. The zero-order chi connectivity index (χ0) is 11.6. The van der Waals surface area contributed by atoms with E-state index >= 15 is 0 Å². The number of methoxy groups -OCH3 is 1. The van der Waals surface area contributed by atoms with Crippen molar-refractivity contribution in [1.82, 2.24) is 16.0 Å². The maximum absolute atomic E-state index is 11.4. The van der Waals surface area contributed by atoms with Crippen molar-refractivity contribution >= 4 is 6.03 Å². The van der Waals surface area contributed by atoms with Crippen LogP contribution in [0.3, 0.4) is 0 Å². The summed E-state index contributed by atoms with van der Waals surface area (Å²) in [5.74, 6) is 0.582. The van der Waals surface area contributed by atoms with E-state index in [1.165, 1.54) is 12.8 Å². The molecule has 0 aliphatic carbocycles. The molecule has 0 spiro atoms. The van der Waals surface area contributed by atoms with Crippen LogP contribution >= 0.6 is 0 Å². The molecule has 1 saturated heterocycles. The average Bonchev–Trinajstić information content (AvgIpc) is 2.33. The fourth-order valence-electron chi connectivity index (χ4n) is 1.82. The molecular formula is C11H23N3O2. The number of carbonyl (C=O) groups excluding carboxylic acids is 1. The highest BCUT2D eigenvalue weighted by Gasteiger charge is 2.13. The molecule has 0 aromatic carbocycles. The first-order valence-electron chi connectivity index (χ1n) is 6.04. The zero-order valence-corrected chi connectivity index (χ0v) is 10.1. The molecule has 5 nitrogen and oxygen atoms in total. The highest BCUT2D eigenvalue weighted by molar-refractivity contribution is 5.73. The van der Waals surface area contributed by atoms with Crippen LogP contribution in [0.4, 0.5) is 4.79 Å². The average molecular weight is 229 g/mol. The van der Waals surface area contributed by atoms with E-state index in [9.17, 15) is 4.79 Å². The molecule has 5 heteroatoms. The fraction of sp³-hybridized carbons (Fsp3) is 0.909. The van der Waals surface area contributed by atoms with E-state index in [1.807, 2.05) is 0 Å². The lowest BCUT2D eigenvalue weighted by molar-refractivity contribution is 0.193. The lowest BCUT2D eigenvalue weighted by Gasteiger charge is -2.22. The number of rotatable bonds is 6. The first-order chi connectivity index (χ1) is 7.83. The van der Waals surface area contributed by atoms with Crippen molar-refractivity contribution in [2.75, 3.05) is 39.9 Å². The van der Waals surface area contributed by atoms with Crippen molar-refractivity contribution in [3.8, 4) is 0 Å². The molecule has 1 rings (SSSR count). The highest BCUT2D eigenvalue weighted by Crippen LogP contribution is 2.07. The van der Waals surface area contributed by atoms with Crippen LogP contribution in [0.1, 0.15) is 19.3 Å². The smallest absolute Gasteiger partial charge is 0.314 e. The van der Waals surface area contributed by atoms with Gasteiger partial charge in [-0.2, -0.15) is 0 Å². The monoisotopic (exact) mass is 229 g/mol. The lowest BCUT2D eigenvalue weighted by Crippen LogP contribution is -2.42. The summed E-state index contributed by atoms with van der Waals surface area (Å²) < 4.78 is 4.90. The minimum absolute atomic E-state index is 0.0679. The molecule has 1 aliphatic rings. The minimum Gasteiger partial charge on any atom is -0.385 e. The van der Waals surface area contributed by atoms with Crippen molar-refractivity contribution in [1.29, 1.82) is 0 Å². The molecular weight excluding hydrogens is 206 g/mol. The number of nitrogens with one attached hydrogen (secondary N) is 3. The van der Waals surface area contributed by atoms with Crippen LogP contribution in [0, 0.1) is 5.92 Å². The Balaban J connectivity index is 1.96. The summed E-state index contributed by atoms with van der Waals surface area (Å²) >= 11 is 0. The molecule has 1 heterocycles. The quantitative estimate of drug-likeness (QED) is 0.575. The summed E-state index contributed by atoms with van der Waals surface area (Å²) in [6, 6.07) is -0.0679. The van der Waals surface area contributed by atoms with Gasteiger partial charge in [-0.25, -0.2) is 4.79 Å². The number of hydrogen-bond acceptors (Lipinski definition) is 3. The summed E-state index contributed by atoms with van der Waals surface area (Å²) in [4.78, 5) is 11.4. The summed E-state index contributed by atoms with van der Waals surface area (Å²) in [5, 5.41) is 9.04. The molecule has 1 unspecified atom stereocenters. The van der Waals surface area contributed by atoms with Crippen molar-refractivity contribution < 1.29 is 9.53 Å². The SMILES string of the molecule is COCCCNC(=O)NCC1CCCNC1. The number of urea groups is 1. The summed E-state index contributed by atoms with van der Waals surface area (Å²) in [6.45, 7) is 4.25. The first kappa shape index (κ1) is 13.3. The van der Waals surface area contributed by atoms with Crippen LogP contribution in [0.15, 0.2) is 0 Å². The van der Waals surface area contributed by atoms with Gasteiger partial charge in [-0.3, -0.25) is 0 Å². The van der Waals surface area contributed by atoms with Gasteiger partial charge in [-0.15, -0.1) is 0 Å². The number of carbonyl (C=O) groups is 1. The van der Waals surface area contributed by atoms with Gasteiger partial charge in [0.25, 0.3) is 0 Å². The molecule has 0 bridgehead atoms. The van der Waals surface area contributed by atoms with Gasteiger partial charge in [0.05, 0.1) is 0 Å². The third-order valence-corrected chi connectivity index (χ3v) is 2.76. The van der Waals surface area contributed by atoms with Crippen molar-refractivity contribution in [3.05, 3.63) is 0 Å². The summed E-state index contributed by atoms with van der Waals surface area (Å²) in [7, 11) is 1.66. The Hall–Kier alpha value is -0.810. The maximum atomic E-state index is 11.4. The van der Waals surface area contributed by atoms with E-state index < -0.39 is 0 Å². The minimum atomic E-state index is -0.0679. The van der Waals surface area contributed by atoms with Crippen molar-refractivity contribution in [3.63, 3.8) is 0 Å². The Morgan fingerprint density at radius 2 is 2.38 bits per heavy atom. The Labute approximate surface area is 97.3 Å². The van der Waals surface area contributed by atoms with E-state index in [0.29, 0.717) is 19.1 Å². The second kappa shape index (κ2) is 8.35. The van der Waals surface area contributed by atoms with Gasteiger partial charge in [-0.05, 0) is 38.3 Å². The van der Waals surface area contributed by atoms with Gasteiger partial charge < -0.3 is 20.7 Å². The van der Waals surface area contributed by atoms with Crippen LogP contribution in [0.25, 0.3) is 0 Å². The third kappa shape index (κ3) is 5.92. The molecule has 0 radical (unpaired) electrons. The summed E-state index contributed by atoms with van der Waals surface area (Å²) in [6.07, 6.45) is 3.27. The highest BCUT2D eigenvalue weighted by atomic mass is 16.5. The molecule has 1 fully saturated rings. The van der Waals surface area contributed by atoms with E-state index in [-0.39, 0.29) is 6.03 Å². The normalized spacial score (nSPS) is 20.4. The van der Waals surface area contributed by atoms with Gasteiger partial charge in [0, 0.05) is 26.8 Å². The Bertz CT molecular complexity index is 194. The van der Waals surface area contributed by atoms with E-state index in [2.05, 4.69) is 16.0 Å². The molecule has 0 aromatic heterocycles. The summed E-state index contributed by atoms with van der Waals surface area (Å²) in [5.41, 5.74) is 0. The predicted molar refractivity (Wildman–Crippen MR) is 63.5 cm³/mol. The molecule has 3 N–H and O–H groups in total. The van der Waals surface area contributed by atoms with Crippen LogP contribution in [0.2, 0.25) is 0 Å². The standard InChI is InChI=1S/C11H23N3O2/c1-16-7-3-6-13-11(15)14-9-10-4-2-5-12-8-10/h10,12H,2-9H2,1H3,(H2,13,14,15). The maximum Gasteiger partial charge on any atom is 0.314 e. The second-order valence-electron chi connectivity index (χ2n) is 4.20. The zero-order valence-electron chi connectivity index (χ0n) is 10.1. The van der Waals surface area contributed by atoms with Gasteiger partial charge in [0.2, 0.25) is 0 Å². The lowest BCUT2D eigenvalue weighted by atomic mass is 10.00. The van der Waals surface area contributed by atoms with Crippen molar-refractivity contribution in [2.24, 2.45) is 5.92 Å². The number of piperidine rings is 1. The Morgan fingerprint density at radius 3 is 3.06 bits per heavy atom. The number of amides is 2. The molecule has 0 aromatic rings. The first-order valence-corrected chi connectivity index (χ1v) is 6.04. The Kier molecular flexibility index (Phi) is 6.92. The topological polar surface area (TPSA) is 62.4 Å². The molecule has 0 saturated carbocycles. The number of ether oxygens (including phenoxy) is 1. The van der Waals surface area contributed by atoms with Gasteiger partial charge in [0.1, 0.15) is 0 Å². The van der Waals surface area contributed by atoms with E-state index in [1.54, 1.807) is 7.11 Å². The molecule has 16 heavy (non-hydrogen) atoms. The van der Waals surface area contributed by atoms with Gasteiger partial charge in [-0.1, -0.05) is 0 Å². The molecule has 1 atom stereocenters. The van der Waals surface area contributed by atoms with Crippen LogP contribution in [-0.2, 0) is 4.74 Å². The van der Waals surface area contributed by atoms with E-state index in [0.717, 1.165) is 26.1 Å². The van der Waals surface area contributed by atoms with Gasteiger partial charge >= 0.3 is 6.03 Å². The van der Waals surface area contributed by atoms with E-state index in [4.69, 9.17) is 4.74 Å². The Morgan fingerprint density at radius 1 is 1.50 bits per heavy atom. The largest absolute Gasteiger partial charge is 0.385 e. The van der Waals surface area contributed by atoms with Gasteiger partial charge in [0.15, 0.2) is 0 Å². The van der Waals surface area contributed by atoms with Crippen molar-refractivity contribution in [2.45, 2.75) is 19.3 Å². The third-order valence-electron chi connectivity index (χ3n) is 2.76. The van der Waals surface area contributed by atoms with Crippen LogP contribution in [-0.4, -0.2) is 45.9 Å². The molecule has 1 aliphatic heterocycles. The fourth-order valence-corrected chi connectivity index (χ4v) is 1.82. The second-order valence-corrected chi connectivity index (χ2v) is 4.20. The van der Waals surface area contributed by atoms with Crippen LogP contribution in [0.5, 0.6) is 0 Å².